The average Bonchev–Trinajstić information content (AvgIpc) is 3.21. The van der Waals surface area contributed by atoms with Crippen molar-refractivity contribution < 1.29 is 14.3 Å². The van der Waals surface area contributed by atoms with Gasteiger partial charge in [0.25, 0.3) is 5.91 Å². The zero-order chi connectivity index (χ0) is 21.7. The summed E-state index contributed by atoms with van der Waals surface area (Å²) in [7, 11) is 1.82. The van der Waals surface area contributed by atoms with E-state index in [-0.39, 0.29) is 17.9 Å². The molecule has 0 N–H and O–H groups in total. The highest BCUT2D eigenvalue weighted by atomic mass is 32.1. The number of nitrogens with zero attached hydrogens (tertiary/aromatic N) is 3. The van der Waals surface area contributed by atoms with Crippen LogP contribution in [0, 0.1) is 0 Å². The molecule has 2 amide bonds. The Kier molecular flexibility index (Phi) is 7.13. The lowest BCUT2D eigenvalue weighted by Crippen LogP contribution is -2.41. The monoisotopic (exact) mass is 429 g/mol. The van der Waals surface area contributed by atoms with Gasteiger partial charge in [-0.05, 0) is 45.6 Å². The van der Waals surface area contributed by atoms with Crippen LogP contribution in [0.5, 0.6) is 0 Å². The van der Waals surface area contributed by atoms with Crippen LogP contribution in [0.1, 0.15) is 60.6 Å². The number of rotatable bonds is 5. The van der Waals surface area contributed by atoms with Crippen LogP contribution in [0.25, 0.3) is 0 Å². The number of thiazole rings is 1. The maximum absolute atomic E-state index is 12.7. The predicted molar refractivity (Wildman–Crippen MR) is 119 cm³/mol. The summed E-state index contributed by atoms with van der Waals surface area (Å²) in [5.41, 5.74) is 1.25. The molecule has 2 heterocycles. The van der Waals surface area contributed by atoms with Gasteiger partial charge >= 0.3 is 6.09 Å². The summed E-state index contributed by atoms with van der Waals surface area (Å²) in [6.07, 6.45) is 2.24. The van der Waals surface area contributed by atoms with Crippen LogP contribution in [0.4, 0.5) is 4.79 Å². The molecule has 0 bridgehead atoms. The lowest BCUT2D eigenvalue weighted by atomic mass is 9.98. The average molecular weight is 430 g/mol. The van der Waals surface area contributed by atoms with E-state index in [4.69, 9.17) is 4.74 Å². The fourth-order valence-electron chi connectivity index (χ4n) is 3.45. The number of ether oxygens (including phenoxy) is 1. The van der Waals surface area contributed by atoms with Crippen molar-refractivity contribution in [1.82, 2.24) is 14.8 Å². The highest BCUT2D eigenvalue weighted by Gasteiger charge is 2.29. The van der Waals surface area contributed by atoms with Crippen LogP contribution in [0.2, 0.25) is 0 Å². The maximum Gasteiger partial charge on any atom is 0.410 e. The van der Waals surface area contributed by atoms with E-state index in [1.165, 1.54) is 5.56 Å². The first-order chi connectivity index (χ1) is 14.2. The standard InChI is InChI=1S/C23H31N3O3S/c1-23(2,3)29-22(28)26-14-11-18(12-15-26)20-24-19(16-30-20)21(27)25(4)13-10-17-8-6-5-7-9-17/h5-9,16,18H,10-15H2,1-4H3. The van der Waals surface area contributed by atoms with Crippen molar-refractivity contribution >= 4 is 23.3 Å². The third-order valence-corrected chi connectivity index (χ3v) is 6.17. The molecule has 1 aliphatic heterocycles. The van der Waals surface area contributed by atoms with Gasteiger partial charge in [-0.1, -0.05) is 30.3 Å². The molecule has 0 atom stereocenters. The van der Waals surface area contributed by atoms with Gasteiger partial charge < -0.3 is 14.5 Å². The number of hydrogen-bond acceptors (Lipinski definition) is 5. The van der Waals surface area contributed by atoms with E-state index < -0.39 is 5.60 Å². The maximum atomic E-state index is 12.7. The topological polar surface area (TPSA) is 62.7 Å². The number of piperidine rings is 1. The van der Waals surface area contributed by atoms with Crippen LogP contribution in [0.15, 0.2) is 35.7 Å². The fourth-order valence-corrected chi connectivity index (χ4v) is 4.41. The van der Waals surface area contributed by atoms with E-state index in [0.29, 0.717) is 25.3 Å². The molecule has 0 aliphatic carbocycles. The van der Waals surface area contributed by atoms with Gasteiger partial charge in [0, 0.05) is 38.0 Å². The largest absolute Gasteiger partial charge is 0.444 e. The minimum absolute atomic E-state index is 0.0420. The van der Waals surface area contributed by atoms with Gasteiger partial charge in [-0.3, -0.25) is 4.79 Å². The minimum atomic E-state index is -0.481. The Morgan fingerprint density at radius 2 is 1.87 bits per heavy atom. The molecule has 30 heavy (non-hydrogen) atoms. The van der Waals surface area contributed by atoms with Crippen molar-refractivity contribution in [2.45, 2.75) is 51.6 Å². The summed E-state index contributed by atoms with van der Waals surface area (Å²) >= 11 is 1.54. The van der Waals surface area contributed by atoms with Gasteiger partial charge in [0.2, 0.25) is 0 Å². The molecule has 1 saturated heterocycles. The van der Waals surface area contributed by atoms with E-state index >= 15 is 0 Å². The van der Waals surface area contributed by atoms with Crippen molar-refractivity contribution in [2.75, 3.05) is 26.7 Å². The van der Waals surface area contributed by atoms with Gasteiger partial charge in [-0.2, -0.15) is 0 Å². The number of carbonyl (C=O) groups is 2. The molecule has 2 aromatic rings. The summed E-state index contributed by atoms with van der Waals surface area (Å²) in [6, 6.07) is 10.2. The summed E-state index contributed by atoms with van der Waals surface area (Å²) in [5, 5.41) is 2.84. The van der Waals surface area contributed by atoms with Crippen LogP contribution >= 0.6 is 11.3 Å². The highest BCUT2D eigenvalue weighted by molar-refractivity contribution is 7.09. The van der Waals surface area contributed by atoms with E-state index in [1.54, 1.807) is 21.1 Å². The van der Waals surface area contributed by atoms with E-state index in [9.17, 15) is 9.59 Å². The lowest BCUT2D eigenvalue weighted by molar-refractivity contribution is 0.0205. The molecular weight excluding hydrogens is 398 g/mol. The van der Waals surface area contributed by atoms with Gasteiger partial charge in [0.15, 0.2) is 0 Å². The Balaban J connectivity index is 1.51. The molecule has 0 spiro atoms. The third-order valence-electron chi connectivity index (χ3n) is 5.16. The van der Waals surface area contributed by atoms with Crippen molar-refractivity contribution in [3.63, 3.8) is 0 Å². The Bertz CT molecular complexity index is 852. The zero-order valence-corrected chi connectivity index (χ0v) is 19.1. The van der Waals surface area contributed by atoms with Crippen LogP contribution in [-0.4, -0.2) is 59.1 Å². The SMILES string of the molecule is CN(CCc1ccccc1)C(=O)c1csc(C2CCN(C(=O)OC(C)(C)C)CC2)n1. The molecule has 0 radical (unpaired) electrons. The fraction of sp³-hybridized carbons (Fsp3) is 0.522. The summed E-state index contributed by atoms with van der Waals surface area (Å²) in [5.74, 6) is 0.240. The first-order valence-corrected chi connectivity index (χ1v) is 11.3. The third kappa shape index (κ3) is 6.05. The molecule has 0 unspecified atom stereocenters. The van der Waals surface area contributed by atoms with Gasteiger partial charge in [-0.15, -0.1) is 11.3 Å². The van der Waals surface area contributed by atoms with E-state index in [1.807, 2.05) is 51.4 Å². The summed E-state index contributed by atoms with van der Waals surface area (Å²) < 4.78 is 5.46. The van der Waals surface area contributed by atoms with E-state index in [0.717, 1.165) is 24.3 Å². The number of aromatic nitrogens is 1. The number of carbonyl (C=O) groups excluding carboxylic acids is 2. The van der Waals surface area contributed by atoms with Gasteiger partial charge in [-0.25, -0.2) is 9.78 Å². The molecule has 1 aliphatic rings. The van der Waals surface area contributed by atoms with Crippen LogP contribution in [0.3, 0.4) is 0 Å². The first kappa shape index (κ1) is 22.3. The predicted octanol–water partition coefficient (Wildman–Crippen LogP) is 4.57. The van der Waals surface area contributed by atoms with Crippen molar-refractivity contribution in [1.29, 1.82) is 0 Å². The van der Waals surface area contributed by atoms with Crippen molar-refractivity contribution in [3.05, 3.63) is 52.0 Å². The lowest BCUT2D eigenvalue weighted by Gasteiger charge is -2.32. The number of benzene rings is 1. The highest BCUT2D eigenvalue weighted by Crippen LogP contribution is 2.31. The number of likely N-dealkylation sites (N-methyl/N-ethyl adjacent to an activating group) is 1. The molecule has 7 heteroatoms. The van der Waals surface area contributed by atoms with Crippen molar-refractivity contribution in [3.8, 4) is 0 Å². The normalized spacial score (nSPS) is 15.1. The number of hydrogen-bond donors (Lipinski definition) is 0. The molecule has 162 valence electrons. The second kappa shape index (κ2) is 9.60. The number of likely N-dealkylation sites (tertiary alicyclic amines) is 1. The van der Waals surface area contributed by atoms with Crippen LogP contribution < -0.4 is 0 Å². The Morgan fingerprint density at radius 1 is 1.20 bits per heavy atom. The number of amides is 2. The van der Waals surface area contributed by atoms with Crippen molar-refractivity contribution in [2.24, 2.45) is 0 Å². The molecule has 0 saturated carbocycles. The zero-order valence-electron chi connectivity index (χ0n) is 18.3. The second-order valence-electron chi connectivity index (χ2n) is 8.77. The Morgan fingerprint density at radius 3 is 2.50 bits per heavy atom. The molecule has 3 rings (SSSR count). The minimum Gasteiger partial charge on any atom is -0.444 e. The summed E-state index contributed by atoms with van der Waals surface area (Å²) in [4.78, 5) is 33.1. The summed E-state index contributed by atoms with van der Waals surface area (Å²) in [6.45, 7) is 7.59. The second-order valence-corrected chi connectivity index (χ2v) is 9.66. The molecule has 1 aromatic heterocycles. The molecule has 1 aromatic carbocycles. The molecule has 1 fully saturated rings. The Hall–Kier alpha value is -2.41. The smallest absolute Gasteiger partial charge is 0.410 e. The van der Waals surface area contributed by atoms with Crippen LogP contribution in [-0.2, 0) is 11.2 Å². The van der Waals surface area contributed by atoms with Gasteiger partial charge in [0.05, 0.1) is 5.01 Å². The molecule has 6 nitrogen and oxygen atoms in total. The molecular formula is C23H31N3O3S. The van der Waals surface area contributed by atoms with Gasteiger partial charge in [0.1, 0.15) is 11.3 Å². The van der Waals surface area contributed by atoms with E-state index in [2.05, 4.69) is 17.1 Å². The first-order valence-electron chi connectivity index (χ1n) is 10.5. The quantitative estimate of drug-likeness (QED) is 0.698. The Labute approximate surface area is 182 Å².